The fourth-order valence-corrected chi connectivity index (χ4v) is 1.99. The Morgan fingerprint density at radius 3 is 2.81 bits per heavy atom. The minimum Gasteiger partial charge on any atom is -0.444 e. The van der Waals surface area contributed by atoms with Crippen molar-refractivity contribution in [1.82, 2.24) is 10.6 Å². The molecule has 0 atom stereocenters. The fourth-order valence-electron chi connectivity index (χ4n) is 1.68. The van der Waals surface area contributed by atoms with E-state index in [1.165, 1.54) is 18.9 Å². The van der Waals surface area contributed by atoms with Crippen molar-refractivity contribution in [2.45, 2.75) is 19.3 Å². The summed E-state index contributed by atoms with van der Waals surface area (Å²) in [5.74, 6) is 0.291. The predicted octanol–water partition coefficient (Wildman–Crippen LogP) is 1.70. The van der Waals surface area contributed by atoms with Crippen LogP contribution < -0.4 is 10.6 Å². The maximum atomic E-state index is 11.6. The van der Waals surface area contributed by atoms with Crippen molar-refractivity contribution in [3.05, 3.63) is 22.6 Å². The highest BCUT2D eigenvalue weighted by molar-refractivity contribution is 9.10. The minimum atomic E-state index is -0.413. The second kappa shape index (κ2) is 8.19. The molecule has 1 aliphatic carbocycles. The number of carbonyl (C=O) groups is 2. The molecule has 7 heteroatoms. The zero-order valence-corrected chi connectivity index (χ0v) is 13.3. The molecule has 116 valence electrons. The van der Waals surface area contributed by atoms with Crippen LogP contribution in [-0.2, 0) is 9.53 Å². The molecule has 1 aromatic rings. The molecule has 0 bridgehead atoms. The van der Waals surface area contributed by atoms with Gasteiger partial charge in [-0.15, -0.1) is 0 Å². The highest BCUT2D eigenvalue weighted by Crippen LogP contribution is 2.28. The van der Waals surface area contributed by atoms with Crippen molar-refractivity contribution in [3.63, 3.8) is 0 Å². The number of amides is 2. The predicted molar refractivity (Wildman–Crippen MR) is 79.9 cm³/mol. The zero-order chi connectivity index (χ0) is 15.1. The molecule has 0 radical (unpaired) electrons. The molecule has 0 aliphatic heterocycles. The van der Waals surface area contributed by atoms with Crippen LogP contribution in [0.4, 0.5) is 0 Å². The van der Waals surface area contributed by atoms with Crippen LogP contribution in [0.1, 0.15) is 29.8 Å². The Bertz CT molecular complexity index is 485. The maximum absolute atomic E-state index is 11.6. The molecule has 2 rings (SSSR count). The average molecular weight is 359 g/mol. The standard InChI is InChI=1S/C14H19BrN2O4/c15-12-5-4-11(21-12)14(19)17-8-13(18)16-6-1-7-20-9-10-2-3-10/h4-5,10H,1-3,6-9H2,(H,16,18)(H,17,19). The van der Waals surface area contributed by atoms with Gasteiger partial charge in [0.25, 0.3) is 5.91 Å². The lowest BCUT2D eigenvalue weighted by molar-refractivity contribution is -0.120. The van der Waals surface area contributed by atoms with E-state index in [0.29, 0.717) is 17.8 Å². The summed E-state index contributed by atoms with van der Waals surface area (Å²) in [6, 6.07) is 3.16. The van der Waals surface area contributed by atoms with Crippen molar-refractivity contribution in [2.24, 2.45) is 5.92 Å². The molecule has 6 nitrogen and oxygen atoms in total. The molecule has 1 aliphatic rings. The summed E-state index contributed by atoms with van der Waals surface area (Å²) in [7, 11) is 0. The molecule has 2 N–H and O–H groups in total. The number of ether oxygens (including phenoxy) is 1. The second-order valence-electron chi connectivity index (χ2n) is 5.01. The van der Waals surface area contributed by atoms with Crippen LogP contribution in [0.15, 0.2) is 21.2 Å². The Balaban J connectivity index is 1.49. The van der Waals surface area contributed by atoms with E-state index in [2.05, 4.69) is 26.6 Å². The molecule has 0 aromatic carbocycles. The van der Waals surface area contributed by atoms with Gasteiger partial charge in [0.15, 0.2) is 10.4 Å². The number of hydrogen-bond acceptors (Lipinski definition) is 4. The van der Waals surface area contributed by atoms with Crippen molar-refractivity contribution < 1.29 is 18.7 Å². The van der Waals surface area contributed by atoms with E-state index in [9.17, 15) is 9.59 Å². The summed E-state index contributed by atoms with van der Waals surface area (Å²) in [4.78, 5) is 23.2. The molecule has 2 amide bonds. The van der Waals surface area contributed by atoms with E-state index in [1.54, 1.807) is 6.07 Å². The lowest BCUT2D eigenvalue weighted by Gasteiger charge is -2.06. The summed E-state index contributed by atoms with van der Waals surface area (Å²) in [5, 5.41) is 5.22. The topological polar surface area (TPSA) is 80.6 Å². The fraction of sp³-hybridized carbons (Fsp3) is 0.571. The van der Waals surface area contributed by atoms with E-state index in [0.717, 1.165) is 18.9 Å². The lowest BCUT2D eigenvalue weighted by Crippen LogP contribution is -2.37. The van der Waals surface area contributed by atoms with Gasteiger partial charge in [-0.1, -0.05) is 0 Å². The van der Waals surface area contributed by atoms with Crippen LogP contribution in [0.3, 0.4) is 0 Å². The van der Waals surface area contributed by atoms with Gasteiger partial charge in [-0.05, 0) is 53.2 Å². The quantitative estimate of drug-likeness (QED) is 0.658. The van der Waals surface area contributed by atoms with Crippen molar-refractivity contribution in [1.29, 1.82) is 0 Å². The van der Waals surface area contributed by atoms with Gasteiger partial charge in [0, 0.05) is 19.8 Å². The summed E-state index contributed by atoms with van der Waals surface area (Å²) in [5.41, 5.74) is 0. The molecule has 0 unspecified atom stereocenters. The lowest BCUT2D eigenvalue weighted by atomic mass is 10.4. The van der Waals surface area contributed by atoms with Gasteiger partial charge < -0.3 is 19.8 Å². The van der Waals surface area contributed by atoms with Gasteiger partial charge >= 0.3 is 0 Å². The van der Waals surface area contributed by atoms with Crippen LogP contribution in [0, 0.1) is 5.92 Å². The third-order valence-electron chi connectivity index (χ3n) is 3.04. The molecular weight excluding hydrogens is 340 g/mol. The zero-order valence-electron chi connectivity index (χ0n) is 11.7. The highest BCUT2D eigenvalue weighted by Gasteiger charge is 2.20. The highest BCUT2D eigenvalue weighted by atomic mass is 79.9. The van der Waals surface area contributed by atoms with E-state index in [-0.39, 0.29) is 18.2 Å². The molecule has 0 saturated heterocycles. The van der Waals surface area contributed by atoms with Gasteiger partial charge in [-0.2, -0.15) is 0 Å². The first-order chi connectivity index (χ1) is 10.1. The Morgan fingerprint density at radius 1 is 1.33 bits per heavy atom. The Labute approximate surface area is 131 Å². The first-order valence-corrected chi connectivity index (χ1v) is 7.82. The second-order valence-corrected chi connectivity index (χ2v) is 5.79. The first kappa shape index (κ1) is 16.0. The Kier molecular flexibility index (Phi) is 6.25. The van der Waals surface area contributed by atoms with Crippen molar-refractivity contribution in [3.8, 4) is 0 Å². The third-order valence-corrected chi connectivity index (χ3v) is 3.47. The number of carbonyl (C=O) groups excluding carboxylic acids is 2. The summed E-state index contributed by atoms with van der Waals surface area (Å²) in [6.07, 6.45) is 3.34. The van der Waals surface area contributed by atoms with Crippen LogP contribution in [0.2, 0.25) is 0 Å². The van der Waals surface area contributed by atoms with Crippen LogP contribution in [0.25, 0.3) is 0 Å². The van der Waals surface area contributed by atoms with Gasteiger partial charge in [0.1, 0.15) is 0 Å². The SMILES string of the molecule is O=C(CNC(=O)c1ccc(Br)o1)NCCCOCC1CC1. The summed E-state index contributed by atoms with van der Waals surface area (Å²) >= 11 is 3.11. The monoisotopic (exact) mass is 358 g/mol. The van der Waals surface area contributed by atoms with Crippen molar-refractivity contribution in [2.75, 3.05) is 26.3 Å². The van der Waals surface area contributed by atoms with Crippen LogP contribution in [0.5, 0.6) is 0 Å². The smallest absolute Gasteiger partial charge is 0.287 e. The Morgan fingerprint density at radius 2 is 2.14 bits per heavy atom. The maximum Gasteiger partial charge on any atom is 0.287 e. The molecule has 1 fully saturated rings. The molecule has 1 heterocycles. The van der Waals surface area contributed by atoms with Crippen molar-refractivity contribution >= 4 is 27.7 Å². The van der Waals surface area contributed by atoms with E-state index < -0.39 is 5.91 Å². The van der Waals surface area contributed by atoms with E-state index >= 15 is 0 Å². The number of rotatable bonds is 9. The number of halogens is 1. The van der Waals surface area contributed by atoms with Gasteiger partial charge in [0.05, 0.1) is 6.54 Å². The average Bonchev–Trinajstić information content (AvgIpc) is 3.19. The first-order valence-electron chi connectivity index (χ1n) is 7.03. The molecule has 0 spiro atoms. The number of nitrogens with one attached hydrogen (secondary N) is 2. The third kappa shape index (κ3) is 6.31. The van der Waals surface area contributed by atoms with Gasteiger partial charge in [-0.25, -0.2) is 0 Å². The largest absolute Gasteiger partial charge is 0.444 e. The number of hydrogen-bond donors (Lipinski definition) is 2. The summed E-state index contributed by atoms with van der Waals surface area (Å²) in [6.45, 7) is 1.97. The van der Waals surface area contributed by atoms with Gasteiger partial charge in [-0.3, -0.25) is 9.59 Å². The molecular formula is C14H19BrN2O4. The van der Waals surface area contributed by atoms with Crippen LogP contribution in [-0.4, -0.2) is 38.1 Å². The molecule has 1 aromatic heterocycles. The summed E-state index contributed by atoms with van der Waals surface area (Å²) < 4.78 is 11.0. The molecule has 21 heavy (non-hydrogen) atoms. The normalized spacial score (nSPS) is 14.0. The van der Waals surface area contributed by atoms with Gasteiger partial charge in [0.2, 0.25) is 5.91 Å². The minimum absolute atomic E-state index is 0.0694. The van der Waals surface area contributed by atoms with E-state index in [1.807, 2.05) is 0 Å². The van der Waals surface area contributed by atoms with E-state index in [4.69, 9.17) is 9.15 Å². The Hall–Kier alpha value is -1.34. The number of furan rings is 1. The molecule has 1 saturated carbocycles. The van der Waals surface area contributed by atoms with Crippen LogP contribution >= 0.6 is 15.9 Å².